The second-order valence-corrected chi connectivity index (χ2v) is 17.9. The first kappa shape index (κ1) is 55.9. The van der Waals surface area contributed by atoms with Crippen molar-refractivity contribution < 1.29 is 15.0 Å². The van der Waals surface area contributed by atoms with Gasteiger partial charge in [0.25, 0.3) is 0 Å². The van der Waals surface area contributed by atoms with Crippen LogP contribution < -0.4 is 5.32 Å². The maximum absolute atomic E-state index is 12.4. The van der Waals surface area contributed by atoms with Crippen molar-refractivity contribution in [1.82, 2.24) is 5.32 Å². The highest BCUT2D eigenvalue weighted by atomic mass is 16.3. The lowest BCUT2D eigenvalue weighted by atomic mass is 10.0. The van der Waals surface area contributed by atoms with Gasteiger partial charge in [-0.3, -0.25) is 4.79 Å². The number of allylic oxidation sites excluding steroid dienone is 3. The Balaban J connectivity index is 3.37. The molecule has 0 bridgehead atoms. The second-order valence-electron chi connectivity index (χ2n) is 17.9. The number of carbonyl (C=O) groups is 1. The number of nitrogens with one attached hydrogen (secondary N) is 1. The summed E-state index contributed by atoms with van der Waals surface area (Å²) in [6.45, 7) is 4.29. The Morgan fingerprint density at radius 2 is 0.684 bits per heavy atom. The van der Waals surface area contributed by atoms with E-state index >= 15 is 0 Å². The van der Waals surface area contributed by atoms with Gasteiger partial charge in [0.2, 0.25) is 5.91 Å². The Kier molecular flexibility index (Phi) is 48.3. The van der Waals surface area contributed by atoms with E-state index in [0.717, 1.165) is 32.1 Å². The second kappa shape index (κ2) is 49.2. The predicted octanol–water partition coefficient (Wildman–Crippen LogP) is 16.8. The number of aliphatic hydroxyl groups excluding tert-OH is 2. The minimum absolute atomic E-state index is 0.0701. The molecule has 1 amide bonds. The summed E-state index contributed by atoms with van der Waals surface area (Å²) in [4.78, 5) is 12.4. The van der Waals surface area contributed by atoms with Gasteiger partial charge in [-0.25, -0.2) is 0 Å². The molecule has 0 saturated carbocycles. The van der Waals surface area contributed by atoms with Crippen LogP contribution in [-0.2, 0) is 4.79 Å². The van der Waals surface area contributed by atoms with Crippen molar-refractivity contribution in [3.8, 4) is 0 Å². The van der Waals surface area contributed by atoms with E-state index in [1.54, 1.807) is 6.08 Å². The van der Waals surface area contributed by atoms with Crippen LogP contribution in [0.15, 0.2) is 24.3 Å². The Hall–Kier alpha value is -1.13. The number of rotatable bonds is 48. The Bertz CT molecular complexity index is 825. The number of hydrogen-bond acceptors (Lipinski definition) is 3. The third kappa shape index (κ3) is 45.8. The first-order chi connectivity index (χ1) is 28.2. The summed E-state index contributed by atoms with van der Waals surface area (Å²) in [6, 6.07) is -0.634. The highest BCUT2D eigenvalue weighted by Gasteiger charge is 2.17. The van der Waals surface area contributed by atoms with Crippen LogP contribution in [-0.4, -0.2) is 34.9 Å². The Morgan fingerprint density at radius 1 is 0.404 bits per heavy atom. The van der Waals surface area contributed by atoms with Gasteiger partial charge in [-0.15, -0.1) is 0 Å². The molecule has 0 fully saturated rings. The third-order valence-electron chi connectivity index (χ3n) is 12.2. The summed E-state index contributed by atoms with van der Waals surface area (Å²) in [7, 11) is 0. The average molecular weight is 802 g/mol. The number of hydrogen-bond donors (Lipinski definition) is 3. The maximum Gasteiger partial charge on any atom is 0.220 e. The van der Waals surface area contributed by atoms with E-state index in [4.69, 9.17) is 0 Å². The number of unbranched alkanes of at least 4 members (excludes halogenated alkanes) is 39. The Morgan fingerprint density at radius 3 is 1.02 bits per heavy atom. The molecule has 0 aliphatic carbocycles. The summed E-state index contributed by atoms with van der Waals surface area (Å²) in [5, 5.41) is 22.9. The van der Waals surface area contributed by atoms with Gasteiger partial charge in [-0.1, -0.05) is 276 Å². The molecule has 2 unspecified atom stereocenters. The fraction of sp³-hybridized carbons (Fsp3) is 0.906. The van der Waals surface area contributed by atoms with Crippen molar-refractivity contribution >= 4 is 5.91 Å². The molecule has 0 aliphatic rings. The quantitative estimate of drug-likeness (QED) is 0.0424. The van der Waals surface area contributed by atoms with E-state index in [0.29, 0.717) is 6.42 Å². The van der Waals surface area contributed by atoms with Gasteiger partial charge in [-0.05, 0) is 32.1 Å². The van der Waals surface area contributed by atoms with E-state index in [2.05, 4.69) is 31.3 Å². The smallest absolute Gasteiger partial charge is 0.220 e. The molecule has 4 heteroatoms. The molecule has 2 atom stereocenters. The lowest BCUT2D eigenvalue weighted by Gasteiger charge is -2.19. The summed E-state index contributed by atoms with van der Waals surface area (Å²) < 4.78 is 0. The van der Waals surface area contributed by atoms with Crippen LogP contribution in [0.3, 0.4) is 0 Å². The molecule has 338 valence electrons. The summed E-state index contributed by atoms with van der Waals surface area (Å²) >= 11 is 0. The molecule has 0 aliphatic heterocycles. The average Bonchev–Trinajstić information content (AvgIpc) is 3.22. The number of amides is 1. The van der Waals surface area contributed by atoms with Crippen molar-refractivity contribution in [3.05, 3.63) is 24.3 Å². The van der Waals surface area contributed by atoms with Crippen LogP contribution in [0.25, 0.3) is 0 Å². The molecule has 0 aromatic rings. The highest BCUT2D eigenvalue weighted by Crippen LogP contribution is 2.17. The van der Waals surface area contributed by atoms with Gasteiger partial charge in [0.1, 0.15) is 0 Å². The van der Waals surface area contributed by atoms with Crippen LogP contribution in [0.2, 0.25) is 0 Å². The molecule has 0 radical (unpaired) electrons. The molecule has 0 saturated heterocycles. The van der Waals surface area contributed by atoms with Crippen molar-refractivity contribution in [2.24, 2.45) is 0 Å². The van der Waals surface area contributed by atoms with Crippen molar-refractivity contribution in [2.75, 3.05) is 6.61 Å². The largest absolute Gasteiger partial charge is 0.394 e. The topological polar surface area (TPSA) is 69.6 Å². The van der Waals surface area contributed by atoms with Gasteiger partial charge in [0.05, 0.1) is 18.8 Å². The summed E-state index contributed by atoms with van der Waals surface area (Å²) in [5.41, 5.74) is 0. The fourth-order valence-electron chi connectivity index (χ4n) is 8.20. The summed E-state index contributed by atoms with van der Waals surface area (Å²) in [5.74, 6) is -0.0701. The van der Waals surface area contributed by atoms with E-state index in [1.165, 1.54) is 238 Å². The predicted molar refractivity (Wildman–Crippen MR) is 253 cm³/mol. The van der Waals surface area contributed by atoms with Crippen molar-refractivity contribution in [1.29, 1.82) is 0 Å². The zero-order chi connectivity index (χ0) is 41.4. The standard InChI is InChI=1S/C53H103NO3/c1-3-5-7-9-11-13-15-16-17-18-19-20-21-22-23-24-25-26-27-28-29-30-31-32-33-34-35-36-37-39-41-43-45-47-49-53(57)54-51(50-55)52(56)48-46-44-42-40-38-14-12-10-8-6-4-2/h38,40,46,48,51-52,55-56H,3-37,39,41-45,47,49-50H2,1-2H3,(H,54,57)/b40-38+,48-46+. The molecule has 3 N–H and O–H groups in total. The molecule has 0 aromatic heterocycles. The van der Waals surface area contributed by atoms with E-state index < -0.39 is 12.1 Å². The monoisotopic (exact) mass is 802 g/mol. The zero-order valence-corrected chi connectivity index (χ0v) is 38.9. The maximum atomic E-state index is 12.4. The summed E-state index contributed by atoms with van der Waals surface area (Å²) in [6.07, 6.45) is 64.9. The fourth-order valence-corrected chi connectivity index (χ4v) is 8.20. The van der Waals surface area contributed by atoms with Crippen molar-refractivity contribution in [2.45, 2.75) is 302 Å². The van der Waals surface area contributed by atoms with E-state index in [1.807, 2.05) is 6.08 Å². The van der Waals surface area contributed by atoms with Crippen LogP contribution in [0.5, 0.6) is 0 Å². The molecular formula is C53H103NO3. The zero-order valence-electron chi connectivity index (χ0n) is 38.9. The minimum atomic E-state index is -0.857. The van der Waals surface area contributed by atoms with Gasteiger partial charge < -0.3 is 15.5 Å². The third-order valence-corrected chi connectivity index (χ3v) is 12.2. The van der Waals surface area contributed by atoms with Crippen LogP contribution in [0.1, 0.15) is 290 Å². The minimum Gasteiger partial charge on any atom is -0.394 e. The van der Waals surface area contributed by atoms with Gasteiger partial charge in [0.15, 0.2) is 0 Å². The molecule has 0 spiro atoms. The van der Waals surface area contributed by atoms with Crippen LogP contribution in [0, 0.1) is 0 Å². The highest BCUT2D eigenvalue weighted by molar-refractivity contribution is 5.76. The first-order valence-corrected chi connectivity index (χ1v) is 26.1. The number of aliphatic hydroxyl groups is 2. The van der Waals surface area contributed by atoms with E-state index in [-0.39, 0.29) is 12.5 Å². The van der Waals surface area contributed by atoms with Crippen molar-refractivity contribution in [3.63, 3.8) is 0 Å². The van der Waals surface area contributed by atoms with Gasteiger partial charge in [0, 0.05) is 6.42 Å². The van der Waals surface area contributed by atoms with Crippen LogP contribution >= 0.6 is 0 Å². The Labute approximate surface area is 358 Å². The molecular weight excluding hydrogens is 699 g/mol. The lowest BCUT2D eigenvalue weighted by Crippen LogP contribution is -2.45. The molecule has 57 heavy (non-hydrogen) atoms. The molecule has 0 aromatic carbocycles. The van der Waals surface area contributed by atoms with Gasteiger partial charge in [-0.2, -0.15) is 0 Å². The SMILES string of the molecule is CCCCCCC/C=C/CC/C=C/C(O)C(CO)NC(=O)CCCCCCCCCCCCCCCCCCCCCCCCCCCCCCCCCCCC. The molecule has 0 heterocycles. The molecule has 0 rings (SSSR count). The van der Waals surface area contributed by atoms with E-state index in [9.17, 15) is 15.0 Å². The molecule has 4 nitrogen and oxygen atoms in total. The van der Waals surface area contributed by atoms with Gasteiger partial charge >= 0.3 is 0 Å². The van der Waals surface area contributed by atoms with Crippen LogP contribution in [0.4, 0.5) is 0 Å². The lowest BCUT2D eigenvalue weighted by molar-refractivity contribution is -0.123. The first-order valence-electron chi connectivity index (χ1n) is 26.1. The normalized spacial score (nSPS) is 13.0. The number of carbonyl (C=O) groups excluding carboxylic acids is 1.